The van der Waals surface area contributed by atoms with Gasteiger partial charge in [-0.1, -0.05) is 37.3 Å². The van der Waals surface area contributed by atoms with Gasteiger partial charge in [-0.15, -0.1) is 0 Å². The number of aromatic nitrogens is 1. The van der Waals surface area contributed by atoms with E-state index in [9.17, 15) is 19.5 Å². The van der Waals surface area contributed by atoms with E-state index in [2.05, 4.69) is 10.3 Å². The monoisotopic (exact) mass is 712 g/mol. The van der Waals surface area contributed by atoms with Crippen molar-refractivity contribution in [2.75, 3.05) is 30.5 Å². The summed E-state index contributed by atoms with van der Waals surface area (Å²) in [5.41, 5.74) is 2.47. The first kappa shape index (κ1) is 34.9. The number of benzene rings is 3. The zero-order chi connectivity index (χ0) is 36.1. The number of aromatic amines is 1. The molecule has 5 atom stereocenters. The average Bonchev–Trinajstić information content (AvgIpc) is 3.87. The van der Waals surface area contributed by atoms with E-state index in [0.717, 1.165) is 34.9 Å². The standard InChI is InChI=1S/C39H45FN4O6Si/c1-24-37(51(3,4)40)34(20-36(47)43-17-7-8-28(43)23-45)50-39(24)31-19-29(49-2)15-16-33(31)44(38(39)48)22-25-11-13-27(14-12-25)42-35(46)18-26-21-41-32-10-6-5-9-30(26)32/h5-6,9-16,19,21,24,28,34,37,41,45H,7-8,17-18,20,22-23H2,1-4H3,(H,42,46)/t24-,28-,34+,37-,39+/m0/s1. The van der Waals surface area contributed by atoms with E-state index in [1.165, 1.54) is 0 Å². The molecule has 3 amide bonds. The van der Waals surface area contributed by atoms with Crippen molar-refractivity contribution in [3.63, 3.8) is 0 Å². The van der Waals surface area contributed by atoms with Crippen molar-refractivity contribution in [1.82, 2.24) is 9.88 Å². The number of rotatable bonds is 10. The molecule has 1 spiro atoms. The van der Waals surface area contributed by atoms with Gasteiger partial charge < -0.3 is 38.8 Å². The van der Waals surface area contributed by atoms with E-state index in [0.29, 0.717) is 29.2 Å². The Morgan fingerprint density at radius 1 is 1.14 bits per heavy atom. The summed E-state index contributed by atoms with van der Waals surface area (Å²) in [4.78, 5) is 47.9. The summed E-state index contributed by atoms with van der Waals surface area (Å²) < 4.78 is 28.7. The van der Waals surface area contributed by atoms with Crippen molar-refractivity contribution >= 4 is 48.4 Å². The largest absolute Gasteiger partial charge is 0.497 e. The zero-order valence-corrected chi connectivity index (χ0v) is 30.4. The smallest absolute Gasteiger partial charge is 0.264 e. The Hall–Kier alpha value is -4.52. The molecule has 10 nitrogen and oxygen atoms in total. The third kappa shape index (κ3) is 6.23. The third-order valence-corrected chi connectivity index (χ3v) is 13.5. The van der Waals surface area contributed by atoms with E-state index in [-0.39, 0.29) is 49.8 Å². The van der Waals surface area contributed by atoms with Gasteiger partial charge in [0.15, 0.2) is 5.60 Å². The van der Waals surface area contributed by atoms with E-state index >= 15 is 4.11 Å². The Balaban J connectivity index is 1.13. The summed E-state index contributed by atoms with van der Waals surface area (Å²) in [5, 5.41) is 13.8. The average molecular weight is 713 g/mol. The summed E-state index contributed by atoms with van der Waals surface area (Å²) in [6.45, 7) is 5.74. The highest BCUT2D eigenvalue weighted by atomic mass is 28.4. The molecule has 1 aromatic heterocycles. The number of fused-ring (bicyclic) bond motifs is 3. The van der Waals surface area contributed by atoms with Crippen LogP contribution in [-0.2, 0) is 37.7 Å². The third-order valence-electron chi connectivity index (χ3n) is 11.1. The molecule has 0 aliphatic carbocycles. The fraction of sp³-hybridized carbons (Fsp3) is 0.410. The summed E-state index contributed by atoms with van der Waals surface area (Å²) in [7, 11) is -1.93. The van der Waals surface area contributed by atoms with Crippen molar-refractivity contribution in [3.05, 3.63) is 89.6 Å². The Kier molecular flexibility index (Phi) is 9.27. The molecular formula is C39H45FN4O6Si. The predicted octanol–water partition coefficient (Wildman–Crippen LogP) is 6.05. The molecule has 0 saturated carbocycles. The van der Waals surface area contributed by atoms with Crippen molar-refractivity contribution < 1.29 is 33.1 Å². The number of methoxy groups -OCH3 is 1. The van der Waals surface area contributed by atoms with Crippen LogP contribution in [0.1, 0.15) is 42.9 Å². The fourth-order valence-corrected chi connectivity index (χ4v) is 11.2. The lowest BCUT2D eigenvalue weighted by atomic mass is 9.82. The maximum atomic E-state index is 16.3. The number of para-hydroxylation sites is 1. The summed E-state index contributed by atoms with van der Waals surface area (Å²) >= 11 is 0. The number of anilines is 2. The van der Waals surface area contributed by atoms with Gasteiger partial charge in [-0.25, -0.2) is 0 Å². The van der Waals surface area contributed by atoms with Gasteiger partial charge in [0.25, 0.3) is 5.91 Å². The molecule has 4 aromatic rings. The highest BCUT2D eigenvalue weighted by Gasteiger charge is 2.67. The van der Waals surface area contributed by atoms with Gasteiger partial charge >= 0.3 is 0 Å². The second-order valence-corrected chi connectivity index (χ2v) is 18.4. The molecule has 0 radical (unpaired) electrons. The Morgan fingerprint density at radius 3 is 2.63 bits per heavy atom. The number of ether oxygens (including phenoxy) is 2. The summed E-state index contributed by atoms with van der Waals surface area (Å²) in [6, 6.07) is 20.4. The topological polar surface area (TPSA) is 124 Å². The number of aliphatic hydroxyl groups is 1. The van der Waals surface area contributed by atoms with E-state index in [1.54, 1.807) is 42.1 Å². The molecule has 4 heterocycles. The van der Waals surface area contributed by atoms with Crippen molar-refractivity contribution in [3.8, 4) is 5.75 Å². The molecule has 12 heteroatoms. The Bertz CT molecular complexity index is 1960. The maximum Gasteiger partial charge on any atom is 0.264 e. The van der Waals surface area contributed by atoms with Crippen LogP contribution in [0.4, 0.5) is 15.5 Å². The molecule has 3 aromatic carbocycles. The number of halogens is 1. The normalized spacial score (nSPS) is 24.5. The van der Waals surface area contributed by atoms with E-state index < -0.39 is 31.6 Å². The minimum Gasteiger partial charge on any atom is -0.497 e. The van der Waals surface area contributed by atoms with Crippen LogP contribution in [0.2, 0.25) is 18.6 Å². The van der Waals surface area contributed by atoms with Crippen LogP contribution in [0.5, 0.6) is 5.75 Å². The number of H-pyrrole nitrogens is 1. The number of amides is 3. The van der Waals surface area contributed by atoms with Crippen LogP contribution >= 0.6 is 0 Å². The lowest BCUT2D eigenvalue weighted by Gasteiger charge is -2.31. The number of hydrogen-bond donors (Lipinski definition) is 3. The van der Waals surface area contributed by atoms with E-state index in [4.69, 9.17) is 9.47 Å². The number of carbonyl (C=O) groups excluding carboxylic acids is 3. The molecule has 3 N–H and O–H groups in total. The van der Waals surface area contributed by atoms with Crippen molar-refractivity contribution in [1.29, 1.82) is 0 Å². The maximum absolute atomic E-state index is 16.3. The zero-order valence-electron chi connectivity index (χ0n) is 29.4. The minimum absolute atomic E-state index is 0.0618. The van der Waals surface area contributed by atoms with Gasteiger partial charge in [0.2, 0.25) is 20.2 Å². The number of nitrogens with one attached hydrogen (secondary N) is 2. The number of aliphatic hydroxyl groups excluding tert-OH is 1. The first-order valence-electron chi connectivity index (χ1n) is 17.7. The van der Waals surface area contributed by atoms with Crippen LogP contribution in [-0.4, -0.2) is 73.5 Å². The predicted molar refractivity (Wildman–Crippen MR) is 196 cm³/mol. The van der Waals surface area contributed by atoms with Crippen LogP contribution in [0.3, 0.4) is 0 Å². The molecule has 3 aliphatic rings. The molecule has 2 fully saturated rings. The number of hydrogen-bond acceptors (Lipinski definition) is 6. The molecule has 0 bridgehead atoms. The molecule has 3 aliphatic heterocycles. The van der Waals surface area contributed by atoms with Crippen molar-refractivity contribution in [2.24, 2.45) is 5.92 Å². The molecule has 2 saturated heterocycles. The fourth-order valence-electron chi connectivity index (χ4n) is 8.69. The second kappa shape index (κ2) is 13.6. The number of carbonyl (C=O) groups is 3. The van der Waals surface area contributed by atoms with Gasteiger partial charge in [-0.05, 0) is 73.5 Å². The van der Waals surface area contributed by atoms with Crippen LogP contribution in [0.25, 0.3) is 10.9 Å². The Morgan fingerprint density at radius 2 is 1.90 bits per heavy atom. The van der Waals surface area contributed by atoms with Gasteiger partial charge in [-0.3, -0.25) is 14.4 Å². The van der Waals surface area contributed by atoms with E-state index in [1.807, 2.05) is 67.7 Å². The molecular weight excluding hydrogens is 668 g/mol. The second-order valence-electron chi connectivity index (χ2n) is 14.6. The molecule has 0 unspecified atom stereocenters. The Labute approximate surface area is 298 Å². The van der Waals surface area contributed by atoms with Gasteiger partial charge in [0.05, 0.1) is 50.9 Å². The highest BCUT2D eigenvalue weighted by Crippen LogP contribution is 2.60. The lowest BCUT2D eigenvalue weighted by Crippen LogP contribution is -2.45. The summed E-state index contributed by atoms with van der Waals surface area (Å²) in [6.07, 6.45) is 2.73. The molecule has 51 heavy (non-hydrogen) atoms. The first-order valence-corrected chi connectivity index (χ1v) is 20.6. The minimum atomic E-state index is -3.48. The van der Waals surface area contributed by atoms with Gasteiger partial charge in [0.1, 0.15) is 5.75 Å². The van der Waals surface area contributed by atoms with Crippen LogP contribution < -0.4 is 15.0 Å². The van der Waals surface area contributed by atoms with Crippen LogP contribution in [0, 0.1) is 5.92 Å². The quantitative estimate of drug-likeness (QED) is 0.136. The first-order chi connectivity index (χ1) is 24.4. The number of nitrogens with zero attached hydrogens (tertiary/aromatic N) is 2. The molecule has 268 valence electrons. The highest BCUT2D eigenvalue weighted by molar-refractivity contribution is 6.72. The SMILES string of the molecule is COc1ccc2c(c1)[C@@]1(O[C@H](CC(=O)N3CCC[C@H]3CO)[C@@H]([Si](C)(C)F)[C@@H]1C)C(=O)N2Cc1ccc(NC(=O)Cc2c[nH]c3ccccc23)cc1. The van der Waals surface area contributed by atoms with Gasteiger partial charge in [-0.2, -0.15) is 0 Å². The number of likely N-dealkylation sites (tertiary alicyclic amines) is 1. The lowest BCUT2D eigenvalue weighted by molar-refractivity contribution is -0.150. The van der Waals surface area contributed by atoms with Gasteiger partial charge in [0, 0.05) is 46.4 Å². The van der Waals surface area contributed by atoms with Crippen LogP contribution in [0.15, 0.2) is 72.9 Å². The van der Waals surface area contributed by atoms with Crippen molar-refractivity contribution in [2.45, 2.75) is 75.5 Å². The summed E-state index contributed by atoms with van der Waals surface area (Å²) in [5.74, 6) is -0.653. The molecule has 7 rings (SSSR count).